The van der Waals surface area contributed by atoms with Crippen LogP contribution in [0, 0.1) is 29.2 Å². The van der Waals surface area contributed by atoms with Crippen molar-refractivity contribution >= 4 is 10.9 Å². The van der Waals surface area contributed by atoms with Gasteiger partial charge in [0.15, 0.2) is 23.1 Å². The number of fused-ring (bicyclic) bond motifs is 1. The van der Waals surface area contributed by atoms with E-state index >= 15 is 0 Å². The molecular weight excluding hydrogens is 261 g/mol. The van der Waals surface area contributed by atoms with Crippen LogP contribution in [0.25, 0.3) is 10.9 Å². The lowest BCUT2D eigenvalue weighted by molar-refractivity contribution is 0.112. The summed E-state index contributed by atoms with van der Waals surface area (Å²) >= 11 is 0. The summed E-state index contributed by atoms with van der Waals surface area (Å²) in [6, 6.07) is 0. The number of hydrogen-bond donors (Lipinski definition) is 0. The number of aromatic nitrogens is 1. The van der Waals surface area contributed by atoms with Crippen LogP contribution in [0.1, 0.15) is 0 Å². The van der Waals surface area contributed by atoms with Gasteiger partial charge in [0.25, 0.3) is 5.95 Å². The van der Waals surface area contributed by atoms with E-state index in [9.17, 15) is 22.0 Å². The molecule has 8 heteroatoms. The summed E-state index contributed by atoms with van der Waals surface area (Å²) in [5.74, 6) is -9.95. The quantitative estimate of drug-likeness (QED) is 0.416. The molecule has 0 atom stereocenters. The predicted octanol–water partition coefficient (Wildman–Crippen LogP) is 2.66. The van der Waals surface area contributed by atoms with Gasteiger partial charge in [0.1, 0.15) is 5.52 Å². The van der Waals surface area contributed by atoms with Gasteiger partial charge >= 0.3 is 0 Å². The van der Waals surface area contributed by atoms with Gasteiger partial charge in [-0.1, -0.05) is 0 Å². The van der Waals surface area contributed by atoms with Crippen molar-refractivity contribution in [1.29, 1.82) is 0 Å². The van der Waals surface area contributed by atoms with Crippen molar-refractivity contribution in [2.75, 3.05) is 6.79 Å². The molecule has 0 amide bonds. The van der Waals surface area contributed by atoms with E-state index in [0.717, 1.165) is 0 Å². The van der Waals surface area contributed by atoms with Gasteiger partial charge in [0.05, 0.1) is 5.39 Å². The Kier molecular flexibility index (Phi) is 2.10. The van der Waals surface area contributed by atoms with E-state index in [0.29, 0.717) is 0 Å². The Morgan fingerprint density at radius 1 is 0.778 bits per heavy atom. The van der Waals surface area contributed by atoms with Crippen molar-refractivity contribution in [2.45, 2.75) is 0 Å². The first-order chi connectivity index (χ1) is 8.52. The highest BCUT2D eigenvalue weighted by Gasteiger charge is 2.31. The molecular formula is C10H2F5NO2. The summed E-state index contributed by atoms with van der Waals surface area (Å²) in [5, 5.41) is -0.791. The van der Waals surface area contributed by atoms with Crippen LogP contribution >= 0.6 is 0 Å². The average molecular weight is 263 g/mol. The fourth-order valence-corrected chi connectivity index (χ4v) is 1.70. The SMILES string of the molecule is Fc1nc2c(F)c(F)c3c(F)c2c(c1F)OCO3. The second-order valence-corrected chi connectivity index (χ2v) is 3.45. The second kappa shape index (κ2) is 3.44. The molecule has 0 fully saturated rings. The number of hydrogen-bond acceptors (Lipinski definition) is 3. The van der Waals surface area contributed by atoms with Gasteiger partial charge in [-0.05, 0) is 0 Å². The van der Waals surface area contributed by atoms with E-state index in [4.69, 9.17) is 0 Å². The maximum Gasteiger partial charge on any atom is 0.253 e. The molecule has 0 N–H and O–H groups in total. The molecule has 0 saturated heterocycles. The highest BCUT2D eigenvalue weighted by Crippen LogP contribution is 2.40. The Bertz CT molecular complexity index is 688. The van der Waals surface area contributed by atoms with Gasteiger partial charge < -0.3 is 9.47 Å². The minimum Gasteiger partial charge on any atom is -0.453 e. The van der Waals surface area contributed by atoms with Gasteiger partial charge in [-0.2, -0.15) is 13.2 Å². The Morgan fingerprint density at radius 2 is 1.44 bits per heavy atom. The zero-order valence-electron chi connectivity index (χ0n) is 8.36. The van der Waals surface area contributed by atoms with E-state index in [2.05, 4.69) is 14.5 Å². The number of halogens is 5. The standard InChI is InChI=1S/C10H2F5NO2/c11-3-2-7-4(12)5(13)9(3)18-1-17-8(2)6(14)10(15)16-7/h1H2. The maximum atomic E-state index is 13.8. The largest absolute Gasteiger partial charge is 0.453 e. The Hall–Kier alpha value is -2.12. The molecule has 0 unspecified atom stereocenters. The monoisotopic (exact) mass is 263 g/mol. The number of benzene rings is 1. The first-order valence-electron chi connectivity index (χ1n) is 4.63. The van der Waals surface area contributed by atoms with E-state index in [-0.39, 0.29) is 0 Å². The van der Waals surface area contributed by atoms with E-state index in [1.807, 2.05) is 0 Å². The maximum absolute atomic E-state index is 13.8. The Balaban J connectivity index is 2.61. The van der Waals surface area contributed by atoms with E-state index in [1.54, 1.807) is 0 Å². The van der Waals surface area contributed by atoms with Crippen molar-refractivity contribution in [3.63, 3.8) is 0 Å². The Labute approximate surface area is 95.7 Å². The Morgan fingerprint density at radius 3 is 2.17 bits per heavy atom. The molecule has 94 valence electrons. The molecule has 2 heterocycles. The van der Waals surface area contributed by atoms with Gasteiger partial charge in [0.2, 0.25) is 18.4 Å². The molecule has 2 aromatic rings. The number of ether oxygens (including phenoxy) is 2. The van der Waals surface area contributed by atoms with Crippen LogP contribution in [0.2, 0.25) is 0 Å². The van der Waals surface area contributed by atoms with Crippen LogP contribution < -0.4 is 9.47 Å². The van der Waals surface area contributed by atoms with Crippen LogP contribution in [-0.2, 0) is 0 Å². The van der Waals surface area contributed by atoms with E-state index < -0.39 is 58.4 Å². The fourth-order valence-electron chi connectivity index (χ4n) is 1.70. The zero-order chi connectivity index (χ0) is 13.0. The first-order valence-corrected chi connectivity index (χ1v) is 4.63. The molecule has 1 aliphatic heterocycles. The van der Waals surface area contributed by atoms with Crippen molar-refractivity contribution in [3.8, 4) is 11.5 Å². The smallest absolute Gasteiger partial charge is 0.253 e. The predicted molar refractivity (Wildman–Crippen MR) is 47.7 cm³/mol. The minimum atomic E-state index is -1.72. The normalized spacial score (nSPS) is 13.4. The summed E-state index contributed by atoms with van der Waals surface area (Å²) in [4.78, 5) is 2.84. The molecule has 1 aromatic carbocycles. The van der Waals surface area contributed by atoms with Gasteiger partial charge in [-0.15, -0.1) is 0 Å². The molecule has 0 spiro atoms. The number of nitrogens with zero attached hydrogens (tertiary/aromatic N) is 1. The highest BCUT2D eigenvalue weighted by molar-refractivity contribution is 5.88. The van der Waals surface area contributed by atoms with E-state index in [1.165, 1.54) is 0 Å². The lowest BCUT2D eigenvalue weighted by Gasteiger charge is -2.06. The average Bonchev–Trinajstić information content (AvgIpc) is 2.49. The van der Waals surface area contributed by atoms with Gasteiger partial charge in [-0.25, -0.2) is 13.8 Å². The van der Waals surface area contributed by atoms with Crippen LogP contribution in [0.3, 0.4) is 0 Å². The van der Waals surface area contributed by atoms with Gasteiger partial charge in [-0.3, -0.25) is 0 Å². The van der Waals surface area contributed by atoms with Crippen molar-refractivity contribution < 1.29 is 31.4 Å². The number of rotatable bonds is 0. The lowest BCUT2D eigenvalue weighted by Crippen LogP contribution is -2.06. The third-order valence-corrected chi connectivity index (χ3v) is 2.48. The first kappa shape index (κ1) is 11.0. The summed E-state index contributed by atoms with van der Waals surface area (Å²) in [6.07, 6.45) is 0. The molecule has 0 aliphatic carbocycles. The molecule has 1 aromatic heterocycles. The van der Waals surface area contributed by atoms with Crippen LogP contribution in [0.15, 0.2) is 0 Å². The fraction of sp³-hybridized carbons (Fsp3) is 0.100. The molecule has 1 aliphatic rings. The second-order valence-electron chi connectivity index (χ2n) is 3.45. The topological polar surface area (TPSA) is 31.4 Å². The van der Waals surface area contributed by atoms with Crippen molar-refractivity contribution in [3.05, 3.63) is 29.2 Å². The molecule has 0 radical (unpaired) electrons. The molecule has 3 rings (SSSR count). The number of pyridine rings is 1. The summed E-state index contributed by atoms with van der Waals surface area (Å²) in [6.45, 7) is -0.781. The molecule has 0 saturated carbocycles. The lowest BCUT2D eigenvalue weighted by atomic mass is 10.1. The van der Waals surface area contributed by atoms with Crippen molar-refractivity contribution in [1.82, 2.24) is 4.98 Å². The molecule has 3 nitrogen and oxygen atoms in total. The van der Waals surface area contributed by atoms with Crippen LogP contribution in [-0.4, -0.2) is 11.8 Å². The van der Waals surface area contributed by atoms with Crippen LogP contribution in [0.5, 0.6) is 11.5 Å². The summed E-state index contributed by atoms with van der Waals surface area (Å²) in [7, 11) is 0. The zero-order valence-corrected chi connectivity index (χ0v) is 8.36. The third-order valence-electron chi connectivity index (χ3n) is 2.48. The summed E-state index contributed by atoms with van der Waals surface area (Å²) < 4.78 is 76.2. The highest BCUT2D eigenvalue weighted by atomic mass is 19.2. The minimum absolute atomic E-state index is 0.781. The third kappa shape index (κ3) is 1.20. The molecule has 2 bridgehead atoms. The van der Waals surface area contributed by atoms with Crippen molar-refractivity contribution in [2.24, 2.45) is 0 Å². The van der Waals surface area contributed by atoms with Crippen LogP contribution in [0.4, 0.5) is 22.0 Å². The van der Waals surface area contributed by atoms with Gasteiger partial charge in [0, 0.05) is 0 Å². The molecule has 18 heavy (non-hydrogen) atoms. The summed E-state index contributed by atoms with van der Waals surface area (Å²) in [5.41, 5.74) is -0.992.